The molecular weight excluding hydrogens is 334 g/mol. The summed E-state index contributed by atoms with van der Waals surface area (Å²) >= 11 is 6.11. The Bertz CT molecular complexity index is 726. The van der Waals surface area contributed by atoms with Crippen LogP contribution in [0.3, 0.4) is 0 Å². The smallest absolute Gasteiger partial charge is 0.218 e. The maximum atomic E-state index is 10.8. The summed E-state index contributed by atoms with van der Waals surface area (Å²) in [5.74, 6) is -0.247. The number of nitrogens with two attached hydrogens (primary N) is 1. The van der Waals surface area contributed by atoms with E-state index in [4.69, 9.17) is 17.3 Å². The molecule has 1 fully saturated rings. The van der Waals surface area contributed by atoms with Crippen molar-refractivity contribution in [3.8, 4) is 11.1 Å². The molecule has 4 nitrogen and oxygen atoms in total. The molecule has 0 bridgehead atoms. The highest BCUT2D eigenvalue weighted by Gasteiger charge is 2.19. The van der Waals surface area contributed by atoms with Gasteiger partial charge < -0.3 is 16.0 Å². The number of anilines is 1. The van der Waals surface area contributed by atoms with E-state index in [1.165, 1.54) is 11.3 Å². The van der Waals surface area contributed by atoms with Crippen LogP contribution in [-0.2, 0) is 4.79 Å². The Balaban J connectivity index is 1.60. The number of nitrogens with zero attached hydrogens (tertiary/aromatic N) is 1. The minimum Gasteiger partial charge on any atom is -0.371 e. The Morgan fingerprint density at radius 3 is 2.48 bits per heavy atom. The molecule has 2 aromatic carbocycles. The van der Waals surface area contributed by atoms with Crippen molar-refractivity contribution >= 4 is 23.2 Å². The molecule has 0 saturated carbocycles. The van der Waals surface area contributed by atoms with Crippen LogP contribution in [0, 0.1) is 0 Å². The van der Waals surface area contributed by atoms with Gasteiger partial charge in [0.1, 0.15) is 0 Å². The molecule has 0 aliphatic carbocycles. The summed E-state index contributed by atoms with van der Waals surface area (Å²) in [5, 5.41) is 4.18. The number of rotatable bonds is 6. The molecule has 0 radical (unpaired) electrons. The number of benzene rings is 2. The first-order valence-electron chi connectivity index (χ1n) is 8.74. The molecule has 1 aliphatic rings. The highest BCUT2D eigenvalue weighted by molar-refractivity contribution is 6.30. The lowest BCUT2D eigenvalue weighted by Crippen LogP contribution is -2.43. The first kappa shape index (κ1) is 17.8. The molecule has 3 rings (SSSR count). The van der Waals surface area contributed by atoms with Crippen molar-refractivity contribution in [1.29, 1.82) is 0 Å². The van der Waals surface area contributed by atoms with Crippen molar-refractivity contribution in [3.63, 3.8) is 0 Å². The Kier molecular flexibility index (Phi) is 5.95. The van der Waals surface area contributed by atoms with Crippen LogP contribution in [0.25, 0.3) is 11.1 Å². The number of carbonyl (C=O) groups is 1. The van der Waals surface area contributed by atoms with Crippen LogP contribution in [0.4, 0.5) is 5.69 Å². The van der Waals surface area contributed by atoms with Crippen molar-refractivity contribution in [2.75, 3.05) is 24.5 Å². The summed E-state index contributed by atoms with van der Waals surface area (Å²) in [6.07, 6.45) is 2.54. The number of primary amides is 1. The highest BCUT2D eigenvalue weighted by Crippen LogP contribution is 2.28. The fourth-order valence-electron chi connectivity index (χ4n) is 3.29. The zero-order valence-electron chi connectivity index (χ0n) is 14.2. The van der Waals surface area contributed by atoms with E-state index < -0.39 is 0 Å². The molecule has 0 spiro atoms. The SMILES string of the molecule is NC(=O)CCNC1CCN(c2cccc(-c3cccc(Cl)c3)c2)CC1. The molecule has 5 heteroatoms. The maximum absolute atomic E-state index is 10.8. The van der Waals surface area contributed by atoms with Crippen LogP contribution < -0.4 is 16.0 Å². The third-order valence-corrected chi connectivity index (χ3v) is 4.90. The topological polar surface area (TPSA) is 58.4 Å². The molecule has 0 aromatic heterocycles. The molecule has 0 unspecified atom stereocenters. The van der Waals surface area contributed by atoms with E-state index in [1.54, 1.807) is 0 Å². The summed E-state index contributed by atoms with van der Waals surface area (Å²) in [6, 6.07) is 17.0. The van der Waals surface area contributed by atoms with Gasteiger partial charge in [-0.3, -0.25) is 4.79 Å². The summed E-state index contributed by atoms with van der Waals surface area (Å²) in [6.45, 7) is 2.69. The minimum atomic E-state index is -0.247. The predicted octanol–water partition coefficient (Wildman–Crippen LogP) is 3.44. The van der Waals surface area contributed by atoms with Crippen molar-refractivity contribution in [2.45, 2.75) is 25.3 Å². The number of halogens is 1. The first-order valence-corrected chi connectivity index (χ1v) is 9.12. The fourth-order valence-corrected chi connectivity index (χ4v) is 3.48. The third kappa shape index (κ3) is 4.97. The number of amides is 1. The van der Waals surface area contributed by atoms with Crippen LogP contribution in [-0.4, -0.2) is 31.6 Å². The molecule has 1 aliphatic heterocycles. The summed E-state index contributed by atoms with van der Waals surface area (Å²) < 4.78 is 0. The van der Waals surface area contributed by atoms with Gasteiger partial charge in [0.2, 0.25) is 5.91 Å². The zero-order valence-corrected chi connectivity index (χ0v) is 15.0. The molecule has 132 valence electrons. The van der Waals surface area contributed by atoms with E-state index in [2.05, 4.69) is 40.5 Å². The van der Waals surface area contributed by atoms with Crippen molar-refractivity contribution in [3.05, 3.63) is 53.6 Å². The lowest BCUT2D eigenvalue weighted by atomic mass is 10.0. The summed E-state index contributed by atoms with van der Waals surface area (Å²) in [4.78, 5) is 13.2. The predicted molar refractivity (Wildman–Crippen MR) is 104 cm³/mol. The number of piperidine rings is 1. The van der Waals surface area contributed by atoms with Gasteiger partial charge in [0.15, 0.2) is 0 Å². The van der Waals surface area contributed by atoms with Gasteiger partial charge in [0, 0.05) is 42.8 Å². The van der Waals surface area contributed by atoms with Gasteiger partial charge >= 0.3 is 0 Å². The normalized spacial score (nSPS) is 15.3. The molecule has 2 aromatic rings. The average molecular weight is 358 g/mol. The van der Waals surface area contributed by atoms with Crippen molar-refractivity contribution in [1.82, 2.24) is 5.32 Å². The van der Waals surface area contributed by atoms with Gasteiger partial charge in [-0.15, -0.1) is 0 Å². The Morgan fingerprint density at radius 2 is 1.80 bits per heavy atom. The fraction of sp³-hybridized carbons (Fsp3) is 0.350. The van der Waals surface area contributed by atoms with E-state index in [-0.39, 0.29) is 5.91 Å². The Labute approximate surface area is 154 Å². The van der Waals surface area contributed by atoms with Gasteiger partial charge in [-0.1, -0.05) is 35.9 Å². The third-order valence-electron chi connectivity index (χ3n) is 4.67. The molecule has 25 heavy (non-hydrogen) atoms. The molecular formula is C20H24ClN3O. The van der Waals surface area contributed by atoms with Gasteiger partial charge in [0.25, 0.3) is 0 Å². The highest BCUT2D eigenvalue weighted by atomic mass is 35.5. The second-order valence-electron chi connectivity index (χ2n) is 6.49. The molecule has 1 heterocycles. The monoisotopic (exact) mass is 357 g/mol. The molecule has 0 atom stereocenters. The van der Waals surface area contributed by atoms with E-state index in [0.29, 0.717) is 19.0 Å². The van der Waals surface area contributed by atoms with Crippen LogP contribution in [0.2, 0.25) is 5.02 Å². The van der Waals surface area contributed by atoms with E-state index in [1.807, 2.05) is 18.2 Å². The van der Waals surface area contributed by atoms with E-state index in [0.717, 1.165) is 36.5 Å². The van der Waals surface area contributed by atoms with Gasteiger partial charge in [0.05, 0.1) is 0 Å². The first-order chi connectivity index (χ1) is 12.1. The summed E-state index contributed by atoms with van der Waals surface area (Å²) in [7, 11) is 0. The van der Waals surface area contributed by atoms with Crippen LogP contribution in [0.5, 0.6) is 0 Å². The number of hydrogen-bond acceptors (Lipinski definition) is 3. The Morgan fingerprint density at radius 1 is 1.12 bits per heavy atom. The molecule has 1 amide bonds. The van der Waals surface area contributed by atoms with Crippen molar-refractivity contribution in [2.24, 2.45) is 5.73 Å². The van der Waals surface area contributed by atoms with E-state index >= 15 is 0 Å². The van der Waals surface area contributed by atoms with Crippen LogP contribution >= 0.6 is 11.6 Å². The quantitative estimate of drug-likeness (QED) is 0.832. The minimum absolute atomic E-state index is 0.247. The molecule has 3 N–H and O–H groups in total. The number of carbonyl (C=O) groups excluding carboxylic acids is 1. The second kappa shape index (κ2) is 8.37. The molecule has 1 saturated heterocycles. The van der Waals surface area contributed by atoms with Gasteiger partial charge in [-0.2, -0.15) is 0 Å². The van der Waals surface area contributed by atoms with Crippen LogP contribution in [0.1, 0.15) is 19.3 Å². The second-order valence-corrected chi connectivity index (χ2v) is 6.93. The van der Waals surface area contributed by atoms with Gasteiger partial charge in [-0.05, 0) is 48.2 Å². The summed E-state index contributed by atoms with van der Waals surface area (Å²) in [5.41, 5.74) is 8.74. The largest absolute Gasteiger partial charge is 0.371 e. The lowest BCUT2D eigenvalue weighted by molar-refractivity contribution is -0.117. The maximum Gasteiger partial charge on any atom is 0.218 e. The van der Waals surface area contributed by atoms with Crippen LogP contribution in [0.15, 0.2) is 48.5 Å². The standard InChI is InChI=1S/C20H24ClN3O/c21-17-5-1-3-15(13-17)16-4-2-6-19(14-16)24-11-8-18(9-12-24)23-10-7-20(22)25/h1-6,13-14,18,23H,7-12H2,(H2,22,25). The number of nitrogens with one attached hydrogen (secondary N) is 1. The van der Waals surface area contributed by atoms with Crippen molar-refractivity contribution < 1.29 is 4.79 Å². The zero-order chi connectivity index (χ0) is 17.6. The lowest BCUT2D eigenvalue weighted by Gasteiger charge is -2.34. The average Bonchev–Trinajstić information content (AvgIpc) is 2.62. The number of hydrogen-bond donors (Lipinski definition) is 2. The Hall–Kier alpha value is -2.04. The van der Waals surface area contributed by atoms with E-state index in [9.17, 15) is 4.79 Å². The van der Waals surface area contributed by atoms with Gasteiger partial charge in [-0.25, -0.2) is 0 Å².